The summed E-state index contributed by atoms with van der Waals surface area (Å²) in [7, 11) is -0.457. The number of rotatable bonds is 5. The molecule has 0 aliphatic heterocycles. The Balaban J connectivity index is 2.17. The SMILES string of the molecule is COc1cccc(COc2cc(F)cc(B(O)O)c2)c1F. The minimum absolute atomic E-state index is 0.0453. The number of benzene rings is 2. The summed E-state index contributed by atoms with van der Waals surface area (Å²) in [5.41, 5.74) is 0.195. The molecule has 2 aromatic rings. The molecule has 0 saturated carbocycles. The molecule has 2 rings (SSSR count). The second kappa shape index (κ2) is 6.56. The van der Waals surface area contributed by atoms with Crippen LogP contribution in [0.4, 0.5) is 8.78 Å². The minimum atomic E-state index is -1.81. The topological polar surface area (TPSA) is 58.9 Å². The predicted molar refractivity (Wildman–Crippen MR) is 73.5 cm³/mol. The first-order valence-corrected chi connectivity index (χ1v) is 6.12. The molecule has 0 radical (unpaired) electrons. The van der Waals surface area contributed by atoms with Gasteiger partial charge >= 0.3 is 7.12 Å². The molecule has 0 heterocycles. The standard InChI is InChI=1S/C14H13BF2O4/c1-20-13-4-2-3-9(14(13)17)8-21-12-6-10(15(18)19)5-11(16)7-12/h2-7,18-19H,8H2,1H3. The largest absolute Gasteiger partial charge is 0.494 e. The Morgan fingerprint density at radius 1 is 1.14 bits per heavy atom. The van der Waals surface area contributed by atoms with Gasteiger partial charge in [-0.05, 0) is 23.7 Å². The highest BCUT2D eigenvalue weighted by Crippen LogP contribution is 2.21. The van der Waals surface area contributed by atoms with Crippen LogP contribution in [0.2, 0.25) is 0 Å². The molecule has 0 spiro atoms. The fourth-order valence-corrected chi connectivity index (χ4v) is 1.80. The van der Waals surface area contributed by atoms with Gasteiger partial charge in [0.1, 0.15) is 18.2 Å². The van der Waals surface area contributed by atoms with Gasteiger partial charge in [-0.15, -0.1) is 0 Å². The van der Waals surface area contributed by atoms with Crippen molar-refractivity contribution in [3.63, 3.8) is 0 Å². The zero-order valence-electron chi connectivity index (χ0n) is 11.2. The van der Waals surface area contributed by atoms with Crippen molar-refractivity contribution in [2.75, 3.05) is 7.11 Å². The van der Waals surface area contributed by atoms with Crippen molar-refractivity contribution in [1.82, 2.24) is 0 Å². The van der Waals surface area contributed by atoms with Crippen LogP contribution in [0.25, 0.3) is 0 Å². The van der Waals surface area contributed by atoms with Gasteiger partial charge in [0.2, 0.25) is 0 Å². The van der Waals surface area contributed by atoms with E-state index < -0.39 is 18.8 Å². The molecule has 0 aromatic heterocycles. The molecule has 0 unspecified atom stereocenters. The predicted octanol–water partition coefficient (Wildman–Crippen LogP) is 1.23. The van der Waals surface area contributed by atoms with E-state index in [0.717, 1.165) is 12.1 Å². The number of halogens is 2. The van der Waals surface area contributed by atoms with E-state index in [1.165, 1.54) is 25.3 Å². The fourth-order valence-electron chi connectivity index (χ4n) is 1.80. The molecule has 0 amide bonds. The van der Waals surface area contributed by atoms with Gasteiger partial charge in [0.25, 0.3) is 0 Å². The van der Waals surface area contributed by atoms with Gasteiger partial charge < -0.3 is 19.5 Å². The molecular formula is C14H13BF2O4. The zero-order chi connectivity index (χ0) is 15.4. The molecule has 0 fully saturated rings. The normalized spacial score (nSPS) is 10.3. The Kier molecular flexibility index (Phi) is 4.77. The summed E-state index contributed by atoms with van der Waals surface area (Å²) in [5.74, 6) is -1.08. The van der Waals surface area contributed by atoms with Gasteiger partial charge in [-0.2, -0.15) is 0 Å². The lowest BCUT2D eigenvalue weighted by Gasteiger charge is -2.10. The van der Waals surface area contributed by atoms with Gasteiger partial charge in [-0.25, -0.2) is 8.78 Å². The summed E-state index contributed by atoms with van der Waals surface area (Å²) >= 11 is 0. The second-order valence-electron chi connectivity index (χ2n) is 4.32. The van der Waals surface area contributed by atoms with Crippen molar-refractivity contribution in [1.29, 1.82) is 0 Å². The van der Waals surface area contributed by atoms with Crippen LogP contribution in [0.5, 0.6) is 11.5 Å². The summed E-state index contributed by atoms with van der Waals surface area (Å²) in [6.07, 6.45) is 0. The smallest absolute Gasteiger partial charge is 0.488 e. The van der Waals surface area contributed by atoms with Crippen molar-refractivity contribution >= 4 is 12.6 Å². The molecular weight excluding hydrogens is 281 g/mol. The van der Waals surface area contributed by atoms with Crippen LogP contribution in [0.1, 0.15) is 5.56 Å². The number of hydrogen-bond acceptors (Lipinski definition) is 4. The highest BCUT2D eigenvalue weighted by atomic mass is 19.1. The minimum Gasteiger partial charge on any atom is -0.494 e. The van der Waals surface area contributed by atoms with Crippen LogP contribution >= 0.6 is 0 Å². The molecule has 0 saturated heterocycles. The lowest BCUT2D eigenvalue weighted by Crippen LogP contribution is -2.30. The van der Waals surface area contributed by atoms with Crippen molar-refractivity contribution in [3.8, 4) is 11.5 Å². The molecule has 4 nitrogen and oxygen atoms in total. The first-order valence-electron chi connectivity index (χ1n) is 6.12. The summed E-state index contributed by atoms with van der Waals surface area (Å²) in [6.45, 7) is -0.145. The molecule has 2 aromatic carbocycles. The number of hydrogen-bond donors (Lipinski definition) is 2. The highest BCUT2D eigenvalue weighted by molar-refractivity contribution is 6.58. The van der Waals surface area contributed by atoms with Crippen LogP contribution in [0.3, 0.4) is 0 Å². The molecule has 0 bridgehead atoms. The quantitative estimate of drug-likeness (QED) is 0.814. The van der Waals surface area contributed by atoms with Crippen LogP contribution in [0, 0.1) is 11.6 Å². The first-order chi connectivity index (χ1) is 10.0. The van der Waals surface area contributed by atoms with Crippen LogP contribution in [-0.4, -0.2) is 24.3 Å². The van der Waals surface area contributed by atoms with Gasteiger partial charge in [-0.1, -0.05) is 12.1 Å². The highest BCUT2D eigenvalue weighted by Gasteiger charge is 2.14. The van der Waals surface area contributed by atoms with E-state index in [1.807, 2.05) is 0 Å². The number of methoxy groups -OCH3 is 1. The van der Waals surface area contributed by atoms with Crippen LogP contribution in [0.15, 0.2) is 36.4 Å². The lowest BCUT2D eigenvalue weighted by atomic mass is 9.80. The monoisotopic (exact) mass is 294 g/mol. The van der Waals surface area contributed by atoms with Gasteiger partial charge in [0.05, 0.1) is 7.11 Å². The maximum absolute atomic E-state index is 13.9. The average molecular weight is 294 g/mol. The Bertz CT molecular complexity index is 634. The van der Waals surface area contributed by atoms with Crippen LogP contribution < -0.4 is 14.9 Å². The zero-order valence-corrected chi connectivity index (χ0v) is 11.2. The third kappa shape index (κ3) is 3.71. The summed E-state index contributed by atoms with van der Waals surface area (Å²) in [6, 6.07) is 7.91. The molecule has 0 atom stereocenters. The van der Waals surface area contributed by atoms with E-state index in [9.17, 15) is 8.78 Å². The third-order valence-electron chi connectivity index (χ3n) is 2.85. The summed E-state index contributed by atoms with van der Waals surface area (Å²) in [5, 5.41) is 18.1. The lowest BCUT2D eigenvalue weighted by molar-refractivity contribution is 0.294. The number of ether oxygens (including phenoxy) is 2. The Morgan fingerprint density at radius 3 is 2.57 bits per heavy atom. The Morgan fingerprint density at radius 2 is 1.90 bits per heavy atom. The van der Waals surface area contributed by atoms with Crippen LogP contribution in [-0.2, 0) is 6.61 Å². The first kappa shape index (κ1) is 15.3. The van der Waals surface area contributed by atoms with E-state index in [2.05, 4.69) is 0 Å². The van der Waals surface area contributed by atoms with Crippen molar-refractivity contribution in [3.05, 3.63) is 53.6 Å². The van der Waals surface area contributed by atoms with Gasteiger partial charge in [-0.3, -0.25) is 0 Å². The summed E-state index contributed by atoms with van der Waals surface area (Å²) in [4.78, 5) is 0. The fraction of sp³-hybridized carbons (Fsp3) is 0.143. The summed E-state index contributed by atoms with van der Waals surface area (Å²) < 4.78 is 37.4. The second-order valence-corrected chi connectivity index (χ2v) is 4.32. The van der Waals surface area contributed by atoms with Gasteiger partial charge in [0, 0.05) is 11.6 Å². The van der Waals surface area contributed by atoms with Crippen molar-refractivity contribution < 1.29 is 28.3 Å². The maximum atomic E-state index is 13.9. The van der Waals surface area contributed by atoms with Crippen molar-refractivity contribution in [2.24, 2.45) is 0 Å². The average Bonchev–Trinajstić information content (AvgIpc) is 2.45. The molecule has 2 N–H and O–H groups in total. The Hall–Kier alpha value is -2.12. The third-order valence-corrected chi connectivity index (χ3v) is 2.85. The van der Waals surface area contributed by atoms with E-state index in [0.29, 0.717) is 0 Å². The molecule has 0 aliphatic carbocycles. The van der Waals surface area contributed by atoms with E-state index in [4.69, 9.17) is 19.5 Å². The van der Waals surface area contributed by atoms with E-state index in [1.54, 1.807) is 6.07 Å². The molecule has 0 aliphatic rings. The maximum Gasteiger partial charge on any atom is 0.488 e. The molecule has 110 valence electrons. The Labute approximate surface area is 120 Å². The van der Waals surface area contributed by atoms with Gasteiger partial charge in [0.15, 0.2) is 11.6 Å². The van der Waals surface area contributed by atoms with E-state index in [-0.39, 0.29) is 29.1 Å². The van der Waals surface area contributed by atoms with E-state index >= 15 is 0 Å². The molecule has 21 heavy (non-hydrogen) atoms. The molecule has 7 heteroatoms. The van der Waals surface area contributed by atoms with Crippen molar-refractivity contribution in [2.45, 2.75) is 6.61 Å².